The van der Waals surface area contributed by atoms with Crippen LogP contribution >= 0.6 is 12.2 Å². The Morgan fingerprint density at radius 2 is 2.09 bits per heavy atom. The number of aromatic nitrogens is 1. The molecule has 6 nitrogen and oxygen atoms in total. The molecular weight excluding hydrogens is 429 g/mol. The molecule has 0 amide bonds. The summed E-state index contributed by atoms with van der Waals surface area (Å²) in [5.41, 5.74) is 1.86. The number of rotatable bonds is 7. The summed E-state index contributed by atoms with van der Waals surface area (Å²) in [5.74, 6) is 0.439. The monoisotopic (exact) mass is 455 g/mol. The van der Waals surface area contributed by atoms with Crippen molar-refractivity contribution in [3.63, 3.8) is 0 Å². The van der Waals surface area contributed by atoms with Gasteiger partial charge in [-0.25, -0.2) is 4.39 Å². The summed E-state index contributed by atoms with van der Waals surface area (Å²) in [6, 6.07) is 13.5. The minimum absolute atomic E-state index is 0.0482. The van der Waals surface area contributed by atoms with Crippen molar-refractivity contribution in [2.75, 3.05) is 25.1 Å². The van der Waals surface area contributed by atoms with Crippen LogP contribution < -0.4 is 15.6 Å². The molecule has 0 saturated carbocycles. The molecule has 8 heteroatoms. The van der Waals surface area contributed by atoms with E-state index in [1.54, 1.807) is 12.1 Å². The molecule has 0 bridgehead atoms. The van der Waals surface area contributed by atoms with Gasteiger partial charge in [-0.1, -0.05) is 0 Å². The molecule has 1 aliphatic rings. The van der Waals surface area contributed by atoms with Gasteiger partial charge in [-0.2, -0.15) is 0 Å². The lowest BCUT2D eigenvalue weighted by Gasteiger charge is -2.28. The molecule has 0 aliphatic carbocycles. The molecule has 1 aliphatic heterocycles. The highest BCUT2D eigenvalue weighted by Crippen LogP contribution is 2.21. The number of pyridine rings is 1. The Morgan fingerprint density at radius 1 is 1.28 bits per heavy atom. The summed E-state index contributed by atoms with van der Waals surface area (Å²) in [7, 11) is 0. The number of aromatic amines is 1. The maximum atomic E-state index is 13.3. The highest BCUT2D eigenvalue weighted by atomic mass is 32.1. The van der Waals surface area contributed by atoms with E-state index in [1.165, 1.54) is 12.1 Å². The Bertz CT molecular complexity index is 1140. The molecule has 1 saturated heterocycles. The number of hydrogen-bond acceptors (Lipinski definition) is 4. The van der Waals surface area contributed by atoms with Crippen LogP contribution in [-0.4, -0.2) is 40.9 Å². The number of halogens is 1. The van der Waals surface area contributed by atoms with Gasteiger partial charge in [0, 0.05) is 35.3 Å². The second kappa shape index (κ2) is 10.1. The minimum Gasteiger partial charge on any atom is -0.494 e. The predicted molar refractivity (Wildman–Crippen MR) is 128 cm³/mol. The van der Waals surface area contributed by atoms with Crippen molar-refractivity contribution < 1.29 is 13.9 Å². The zero-order valence-corrected chi connectivity index (χ0v) is 18.7. The van der Waals surface area contributed by atoms with E-state index in [0.717, 1.165) is 36.1 Å². The first-order chi connectivity index (χ1) is 15.5. The van der Waals surface area contributed by atoms with Gasteiger partial charge in [0.2, 0.25) is 0 Å². The molecule has 1 fully saturated rings. The molecule has 2 heterocycles. The van der Waals surface area contributed by atoms with Gasteiger partial charge in [-0.15, -0.1) is 0 Å². The number of nitrogens with one attached hydrogen (secondary N) is 2. The third-order valence-electron chi connectivity index (χ3n) is 5.40. The van der Waals surface area contributed by atoms with Gasteiger partial charge < -0.3 is 24.7 Å². The van der Waals surface area contributed by atoms with Gasteiger partial charge in [-0.3, -0.25) is 4.79 Å². The van der Waals surface area contributed by atoms with Crippen LogP contribution in [0.4, 0.5) is 10.1 Å². The molecule has 1 atom stereocenters. The third kappa shape index (κ3) is 5.44. The van der Waals surface area contributed by atoms with Crippen LogP contribution in [0.1, 0.15) is 25.3 Å². The quantitative estimate of drug-likeness (QED) is 0.514. The van der Waals surface area contributed by atoms with E-state index in [-0.39, 0.29) is 17.5 Å². The number of anilines is 1. The van der Waals surface area contributed by atoms with Crippen LogP contribution in [0, 0.1) is 5.82 Å². The molecule has 4 rings (SSSR count). The lowest BCUT2D eigenvalue weighted by Crippen LogP contribution is -2.40. The number of hydrogen-bond donors (Lipinski definition) is 2. The predicted octanol–water partition coefficient (Wildman–Crippen LogP) is 4.44. The normalized spacial score (nSPS) is 15.6. The van der Waals surface area contributed by atoms with Gasteiger partial charge in [0.25, 0.3) is 5.56 Å². The molecular formula is C24H26FN3O3S. The van der Waals surface area contributed by atoms with Crippen LogP contribution in [0.15, 0.2) is 53.3 Å². The van der Waals surface area contributed by atoms with Gasteiger partial charge in [0.1, 0.15) is 11.6 Å². The number of fused-ring (bicyclic) bond motifs is 1. The maximum absolute atomic E-state index is 13.3. The molecule has 3 aromatic rings. The van der Waals surface area contributed by atoms with Crippen LogP contribution in [0.3, 0.4) is 0 Å². The number of nitrogens with zero attached hydrogens (tertiary/aromatic N) is 1. The highest BCUT2D eigenvalue weighted by Gasteiger charge is 2.22. The molecule has 0 unspecified atom stereocenters. The van der Waals surface area contributed by atoms with E-state index in [2.05, 4.69) is 10.3 Å². The maximum Gasteiger partial charge on any atom is 0.253 e. The largest absolute Gasteiger partial charge is 0.494 e. The second-order valence-electron chi connectivity index (χ2n) is 7.76. The van der Waals surface area contributed by atoms with Gasteiger partial charge in [0.15, 0.2) is 5.11 Å². The van der Waals surface area contributed by atoms with Crippen molar-refractivity contribution >= 4 is 33.9 Å². The number of H-pyrrole nitrogens is 1. The molecule has 2 N–H and O–H groups in total. The molecule has 0 spiro atoms. The van der Waals surface area contributed by atoms with Crippen molar-refractivity contribution in [2.45, 2.75) is 32.4 Å². The fourth-order valence-corrected chi connectivity index (χ4v) is 4.06. The SMILES string of the molecule is CCOc1ccc2[nH]c(=O)c(CN(C[C@@H]3CCCO3)C(=S)Nc3ccc(F)cc3)cc2c1. The van der Waals surface area contributed by atoms with Crippen molar-refractivity contribution in [1.82, 2.24) is 9.88 Å². The zero-order valence-electron chi connectivity index (χ0n) is 17.9. The Balaban J connectivity index is 1.59. The number of benzene rings is 2. The average Bonchev–Trinajstić information content (AvgIpc) is 3.29. The van der Waals surface area contributed by atoms with E-state index in [0.29, 0.717) is 36.1 Å². The topological polar surface area (TPSA) is 66.6 Å². The Hall–Kier alpha value is -2.97. The van der Waals surface area contributed by atoms with Crippen molar-refractivity contribution in [2.24, 2.45) is 0 Å². The Labute approximate surface area is 191 Å². The average molecular weight is 456 g/mol. The second-order valence-corrected chi connectivity index (χ2v) is 8.15. The van der Waals surface area contributed by atoms with Crippen LogP contribution in [0.5, 0.6) is 5.75 Å². The summed E-state index contributed by atoms with van der Waals surface area (Å²) in [6.45, 7) is 4.11. The summed E-state index contributed by atoms with van der Waals surface area (Å²) in [6.07, 6.45) is 2.00. The molecule has 1 aromatic heterocycles. The summed E-state index contributed by atoms with van der Waals surface area (Å²) >= 11 is 5.65. The van der Waals surface area contributed by atoms with E-state index in [1.807, 2.05) is 36.1 Å². The van der Waals surface area contributed by atoms with Gasteiger partial charge >= 0.3 is 0 Å². The fourth-order valence-electron chi connectivity index (χ4n) is 3.80. The first-order valence-corrected chi connectivity index (χ1v) is 11.1. The summed E-state index contributed by atoms with van der Waals surface area (Å²) < 4.78 is 24.6. The Kier molecular flexibility index (Phi) is 7.02. The van der Waals surface area contributed by atoms with Gasteiger partial charge in [-0.05, 0) is 80.5 Å². The van der Waals surface area contributed by atoms with E-state index in [9.17, 15) is 9.18 Å². The van der Waals surface area contributed by atoms with E-state index in [4.69, 9.17) is 21.7 Å². The van der Waals surface area contributed by atoms with Crippen LogP contribution in [0.2, 0.25) is 0 Å². The fraction of sp³-hybridized carbons (Fsp3) is 0.333. The summed E-state index contributed by atoms with van der Waals surface area (Å²) in [4.78, 5) is 17.7. The lowest BCUT2D eigenvalue weighted by molar-refractivity contribution is 0.0904. The lowest BCUT2D eigenvalue weighted by atomic mass is 10.1. The van der Waals surface area contributed by atoms with Crippen molar-refractivity contribution in [3.8, 4) is 5.75 Å². The standard InChI is InChI=1S/C24H26FN3O3S/c1-2-30-20-9-10-22-16(13-20)12-17(23(29)27-22)14-28(15-21-4-3-11-31-21)24(32)26-19-7-5-18(25)6-8-19/h5-10,12-13,21H,2-4,11,14-15H2,1H3,(H,26,32)(H,27,29)/t21-/m0/s1. The first-order valence-electron chi connectivity index (χ1n) is 10.7. The third-order valence-corrected chi connectivity index (χ3v) is 5.76. The smallest absolute Gasteiger partial charge is 0.253 e. The molecule has 32 heavy (non-hydrogen) atoms. The number of thiocarbonyl (C=S) groups is 1. The van der Waals surface area contributed by atoms with E-state index >= 15 is 0 Å². The Morgan fingerprint density at radius 3 is 2.81 bits per heavy atom. The summed E-state index contributed by atoms with van der Waals surface area (Å²) in [5, 5.41) is 4.49. The highest BCUT2D eigenvalue weighted by molar-refractivity contribution is 7.80. The van der Waals surface area contributed by atoms with Crippen molar-refractivity contribution in [1.29, 1.82) is 0 Å². The molecule has 0 radical (unpaired) electrons. The zero-order chi connectivity index (χ0) is 22.5. The molecule has 2 aromatic carbocycles. The van der Waals surface area contributed by atoms with E-state index < -0.39 is 0 Å². The van der Waals surface area contributed by atoms with Gasteiger partial charge in [0.05, 0.1) is 19.3 Å². The first kappa shape index (κ1) is 22.2. The minimum atomic E-state index is -0.313. The van der Waals surface area contributed by atoms with Crippen LogP contribution in [-0.2, 0) is 11.3 Å². The molecule has 168 valence electrons. The van der Waals surface area contributed by atoms with Crippen LogP contribution in [0.25, 0.3) is 10.9 Å². The van der Waals surface area contributed by atoms with Crippen molar-refractivity contribution in [3.05, 3.63) is 70.3 Å². The number of ether oxygens (including phenoxy) is 2.